The number of morpholine rings is 1. The Morgan fingerprint density at radius 3 is 2.58 bits per heavy atom. The van der Waals surface area contributed by atoms with E-state index in [1.165, 1.54) is 0 Å². The Kier molecular flexibility index (Phi) is 7.47. The molecule has 0 spiro atoms. The van der Waals surface area contributed by atoms with Gasteiger partial charge in [-0.15, -0.1) is 0 Å². The molecule has 6 heterocycles. The molecular formula is C27H31N9O2. The molecule has 0 saturated carbocycles. The summed E-state index contributed by atoms with van der Waals surface area (Å²) in [5, 5.41) is 7.52. The van der Waals surface area contributed by atoms with E-state index in [0.717, 1.165) is 92.9 Å². The largest absolute Gasteiger partial charge is 0.491 e. The fourth-order valence-electron chi connectivity index (χ4n) is 4.60. The van der Waals surface area contributed by atoms with Gasteiger partial charge in [-0.2, -0.15) is 0 Å². The summed E-state index contributed by atoms with van der Waals surface area (Å²) in [5.74, 6) is 2.19. The normalized spacial score (nSPS) is 16.5. The van der Waals surface area contributed by atoms with Crippen molar-refractivity contribution < 1.29 is 9.47 Å². The summed E-state index contributed by atoms with van der Waals surface area (Å²) >= 11 is 0. The van der Waals surface area contributed by atoms with Crippen molar-refractivity contribution in [1.29, 1.82) is 0 Å². The zero-order valence-electron chi connectivity index (χ0n) is 21.2. The lowest BCUT2D eigenvalue weighted by Gasteiger charge is -2.28. The minimum atomic E-state index is 0.478. The summed E-state index contributed by atoms with van der Waals surface area (Å²) < 4.78 is 11.3. The zero-order chi connectivity index (χ0) is 25.6. The number of nitrogens with zero attached hydrogens (tertiary/aromatic N) is 7. The van der Waals surface area contributed by atoms with Crippen LogP contribution in [0.4, 0.5) is 17.5 Å². The molecule has 0 radical (unpaired) electrons. The molecule has 0 bridgehead atoms. The number of nitrogens with one attached hydrogen (secondary N) is 2. The summed E-state index contributed by atoms with van der Waals surface area (Å²) in [4.78, 5) is 27.7. The average molecular weight is 514 g/mol. The fraction of sp³-hybridized carbons (Fsp3) is 0.370. The number of aromatic nitrogens is 5. The van der Waals surface area contributed by atoms with Gasteiger partial charge in [0.15, 0.2) is 0 Å². The fourth-order valence-corrected chi connectivity index (χ4v) is 4.60. The Morgan fingerprint density at radius 2 is 1.79 bits per heavy atom. The van der Waals surface area contributed by atoms with E-state index in [0.29, 0.717) is 18.2 Å². The summed E-state index contributed by atoms with van der Waals surface area (Å²) in [5.41, 5.74) is 2.97. The monoisotopic (exact) mass is 513 g/mol. The molecule has 4 aromatic heterocycles. The van der Waals surface area contributed by atoms with Gasteiger partial charge in [0.2, 0.25) is 5.95 Å². The molecule has 2 aliphatic heterocycles. The molecule has 2 N–H and O–H groups in total. The highest BCUT2D eigenvalue weighted by Gasteiger charge is 2.14. The summed E-state index contributed by atoms with van der Waals surface area (Å²) in [6.07, 6.45) is 7.10. The molecule has 0 unspecified atom stereocenters. The second kappa shape index (κ2) is 11.6. The molecule has 4 aromatic rings. The number of hydrogen-bond donors (Lipinski definition) is 2. The maximum atomic E-state index is 5.91. The first-order valence-corrected chi connectivity index (χ1v) is 13.0. The highest BCUT2D eigenvalue weighted by Crippen LogP contribution is 2.26. The van der Waals surface area contributed by atoms with Crippen LogP contribution >= 0.6 is 0 Å². The molecule has 2 saturated heterocycles. The Labute approximate surface area is 221 Å². The highest BCUT2D eigenvalue weighted by atomic mass is 16.5. The van der Waals surface area contributed by atoms with Crippen molar-refractivity contribution in [3.05, 3.63) is 55.1 Å². The van der Waals surface area contributed by atoms with E-state index in [-0.39, 0.29) is 0 Å². The second-order valence-corrected chi connectivity index (χ2v) is 9.24. The van der Waals surface area contributed by atoms with E-state index in [9.17, 15) is 0 Å². The van der Waals surface area contributed by atoms with Crippen LogP contribution in [0.1, 0.15) is 0 Å². The van der Waals surface area contributed by atoms with Crippen molar-refractivity contribution in [2.75, 3.05) is 75.9 Å². The summed E-state index contributed by atoms with van der Waals surface area (Å²) in [6, 6.07) is 9.76. The first-order valence-electron chi connectivity index (χ1n) is 13.0. The van der Waals surface area contributed by atoms with Crippen LogP contribution in [0.25, 0.3) is 22.3 Å². The minimum absolute atomic E-state index is 0.478. The molecule has 6 rings (SSSR count). The Bertz CT molecular complexity index is 1340. The first-order chi connectivity index (χ1) is 18.8. The zero-order valence-corrected chi connectivity index (χ0v) is 21.2. The van der Waals surface area contributed by atoms with Gasteiger partial charge in [0.05, 0.1) is 37.0 Å². The van der Waals surface area contributed by atoms with Gasteiger partial charge < -0.3 is 25.0 Å². The number of rotatable bonds is 8. The smallest absolute Gasteiger partial charge is 0.227 e. The van der Waals surface area contributed by atoms with Crippen molar-refractivity contribution in [3.63, 3.8) is 0 Å². The lowest BCUT2D eigenvalue weighted by Crippen LogP contribution is -2.43. The van der Waals surface area contributed by atoms with Crippen LogP contribution in [-0.2, 0) is 4.74 Å². The van der Waals surface area contributed by atoms with Crippen LogP contribution in [0.3, 0.4) is 0 Å². The molecule has 196 valence electrons. The Hall–Kier alpha value is -3.93. The van der Waals surface area contributed by atoms with Crippen molar-refractivity contribution in [2.24, 2.45) is 0 Å². The van der Waals surface area contributed by atoms with Gasteiger partial charge in [0.25, 0.3) is 0 Å². The third kappa shape index (κ3) is 5.80. The number of piperazine rings is 1. The maximum absolute atomic E-state index is 5.91. The molecule has 0 aliphatic carbocycles. The summed E-state index contributed by atoms with van der Waals surface area (Å²) in [6.45, 7) is 8.82. The molecule has 0 amide bonds. The van der Waals surface area contributed by atoms with Crippen molar-refractivity contribution in [3.8, 4) is 17.1 Å². The van der Waals surface area contributed by atoms with Crippen molar-refractivity contribution in [2.45, 2.75) is 0 Å². The topological polar surface area (TPSA) is 113 Å². The van der Waals surface area contributed by atoms with Crippen molar-refractivity contribution >= 4 is 28.4 Å². The van der Waals surface area contributed by atoms with Gasteiger partial charge in [-0.05, 0) is 30.3 Å². The molecule has 11 nitrogen and oxygen atoms in total. The standard InChI is InChI=1S/C27H31N9O2/c1-4-24(36-9-7-28-8-10-36)31-18-21(1)33-27-32-17-20-5-6-29-26(25(20)34-27)23-3-2-22(19-30-23)38-16-13-35-11-14-37-15-12-35/h1-6,17-19,28H,7-16H2,(H,32,33,34). The Balaban J connectivity index is 1.14. The maximum Gasteiger partial charge on any atom is 0.227 e. The van der Waals surface area contributed by atoms with Crippen LogP contribution in [0.5, 0.6) is 5.75 Å². The molecule has 0 atom stereocenters. The third-order valence-electron chi connectivity index (χ3n) is 6.70. The van der Waals surface area contributed by atoms with E-state index in [2.05, 4.69) is 40.4 Å². The lowest BCUT2D eigenvalue weighted by atomic mass is 10.2. The number of hydrogen-bond acceptors (Lipinski definition) is 11. The van der Waals surface area contributed by atoms with Gasteiger partial charge >= 0.3 is 0 Å². The highest BCUT2D eigenvalue weighted by molar-refractivity contribution is 5.90. The van der Waals surface area contributed by atoms with Crippen LogP contribution in [-0.4, -0.2) is 95.5 Å². The molecule has 11 heteroatoms. The van der Waals surface area contributed by atoms with Crippen LogP contribution in [0.15, 0.2) is 55.1 Å². The molecule has 2 fully saturated rings. The number of ether oxygens (including phenoxy) is 2. The molecule has 0 aromatic carbocycles. The SMILES string of the molecule is c1cc2cnc(Nc3ccc(N4CCNCC4)nc3)nc2c(-c2ccc(OCCN3CCOCC3)cn2)n1. The molecule has 38 heavy (non-hydrogen) atoms. The molecular weight excluding hydrogens is 482 g/mol. The van der Waals surface area contributed by atoms with E-state index in [1.54, 1.807) is 18.6 Å². The van der Waals surface area contributed by atoms with Crippen LogP contribution in [0, 0.1) is 0 Å². The number of fused-ring (bicyclic) bond motifs is 1. The molecule has 2 aliphatic rings. The van der Waals surface area contributed by atoms with Gasteiger partial charge in [0.1, 0.15) is 29.4 Å². The van der Waals surface area contributed by atoms with Crippen LogP contribution < -0.4 is 20.3 Å². The predicted molar refractivity (Wildman–Crippen MR) is 146 cm³/mol. The lowest BCUT2D eigenvalue weighted by molar-refractivity contribution is 0.0322. The quantitative estimate of drug-likeness (QED) is 0.362. The van der Waals surface area contributed by atoms with E-state index < -0.39 is 0 Å². The van der Waals surface area contributed by atoms with E-state index in [4.69, 9.17) is 14.5 Å². The first kappa shape index (κ1) is 24.4. The van der Waals surface area contributed by atoms with Crippen LogP contribution in [0.2, 0.25) is 0 Å². The van der Waals surface area contributed by atoms with Gasteiger partial charge in [-0.1, -0.05) is 0 Å². The van der Waals surface area contributed by atoms with Crippen molar-refractivity contribution in [1.82, 2.24) is 35.1 Å². The average Bonchev–Trinajstić information content (AvgIpc) is 2.99. The predicted octanol–water partition coefficient (Wildman–Crippen LogP) is 2.35. The van der Waals surface area contributed by atoms with E-state index in [1.807, 2.05) is 36.5 Å². The minimum Gasteiger partial charge on any atom is -0.491 e. The number of pyridine rings is 3. The third-order valence-corrected chi connectivity index (χ3v) is 6.70. The van der Waals surface area contributed by atoms with Gasteiger partial charge in [0, 0.05) is 63.6 Å². The van der Waals surface area contributed by atoms with Gasteiger partial charge in [-0.3, -0.25) is 14.9 Å². The van der Waals surface area contributed by atoms with Gasteiger partial charge in [-0.25, -0.2) is 15.0 Å². The van der Waals surface area contributed by atoms with E-state index >= 15 is 0 Å². The summed E-state index contributed by atoms with van der Waals surface area (Å²) in [7, 11) is 0. The second-order valence-electron chi connectivity index (χ2n) is 9.24. The number of anilines is 3. The Morgan fingerprint density at radius 1 is 0.895 bits per heavy atom.